The number of aryl methyl sites for hydroxylation is 1. The Labute approximate surface area is 190 Å². The van der Waals surface area contributed by atoms with Gasteiger partial charge in [-0.05, 0) is 43.2 Å². The van der Waals surface area contributed by atoms with Gasteiger partial charge in [-0.2, -0.15) is 4.31 Å². The molecule has 0 unspecified atom stereocenters. The number of sulfonamides is 1. The van der Waals surface area contributed by atoms with E-state index in [0.717, 1.165) is 30.3 Å². The van der Waals surface area contributed by atoms with Crippen molar-refractivity contribution in [2.45, 2.75) is 30.6 Å². The summed E-state index contributed by atoms with van der Waals surface area (Å²) >= 11 is 0. The van der Waals surface area contributed by atoms with Crippen LogP contribution in [0.15, 0.2) is 51.0 Å². The van der Waals surface area contributed by atoms with Crippen molar-refractivity contribution in [1.82, 2.24) is 18.4 Å². The van der Waals surface area contributed by atoms with Crippen LogP contribution in [0.1, 0.15) is 36.0 Å². The first-order valence-electron chi connectivity index (χ1n) is 10.7. The number of nitrogens with zero attached hydrogens (tertiary/aromatic N) is 4. The maximum Gasteiger partial charge on any atom is 0.332 e. The van der Waals surface area contributed by atoms with Gasteiger partial charge in [0.25, 0.3) is 11.5 Å². The van der Waals surface area contributed by atoms with E-state index in [9.17, 15) is 22.8 Å². The predicted octanol–water partition coefficient (Wildman–Crippen LogP) is 1.45. The van der Waals surface area contributed by atoms with Crippen LogP contribution >= 0.6 is 0 Å². The second-order valence-corrected chi connectivity index (χ2v) is 10.0. The topological polar surface area (TPSA) is 123 Å². The number of pyridine rings is 1. The summed E-state index contributed by atoms with van der Waals surface area (Å²) in [5.74, 6) is -0.475. The van der Waals surface area contributed by atoms with Crippen LogP contribution < -0.4 is 16.6 Å². The number of rotatable bonds is 4. The Morgan fingerprint density at radius 2 is 1.61 bits per heavy atom. The molecule has 0 bridgehead atoms. The number of hydrogen-bond donors (Lipinski definition) is 1. The number of aromatic nitrogens is 3. The lowest BCUT2D eigenvalue weighted by Gasteiger charge is -2.20. The highest BCUT2D eigenvalue weighted by Crippen LogP contribution is 2.21. The highest BCUT2D eigenvalue weighted by molar-refractivity contribution is 7.89. The highest BCUT2D eigenvalue weighted by Gasteiger charge is 2.25. The van der Waals surface area contributed by atoms with Gasteiger partial charge in [0.15, 0.2) is 0 Å². The molecular formula is C22H25N5O5S. The van der Waals surface area contributed by atoms with E-state index >= 15 is 0 Å². The molecule has 33 heavy (non-hydrogen) atoms. The van der Waals surface area contributed by atoms with Crippen molar-refractivity contribution in [3.05, 3.63) is 62.9 Å². The molecule has 0 spiro atoms. The van der Waals surface area contributed by atoms with Gasteiger partial charge in [-0.25, -0.2) is 18.2 Å². The normalized spacial score (nSPS) is 15.3. The molecule has 4 rings (SSSR count). The van der Waals surface area contributed by atoms with Crippen molar-refractivity contribution >= 4 is 32.7 Å². The lowest BCUT2D eigenvalue weighted by atomic mass is 10.2. The van der Waals surface area contributed by atoms with Crippen LogP contribution in [0.3, 0.4) is 0 Å². The van der Waals surface area contributed by atoms with Crippen LogP contribution in [0.4, 0.5) is 5.69 Å². The van der Waals surface area contributed by atoms with Gasteiger partial charge in [0.05, 0.1) is 22.2 Å². The van der Waals surface area contributed by atoms with Crippen LogP contribution in [0.25, 0.3) is 11.0 Å². The first-order valence-corrected chi connectivity index (χ1v) is 12.1. The molecule has 10 nitrogen and oxygen atoms in total. The SMILES string of the molecule is Cn1c(=O)c2cc(NC(=O)c3ccc(S(=O)(=O)N4CCCCCC4)cc3)cnc2n(C)c1=O. The van der Waals surface area contributed by atoms with E-state index in [4.69, 9.17) is 0 Å². The Morgan fingerprint density at radius 1 is 0.970 bits per heavy atom. The number of carbonyl (C=O) groups excluding carboxylic acids is 1. The average Bonchev–Trinajstić information content (AvgIpc) is 3.12. The van der Waals surface area contributed by atoms with Gasteiger partial charge in [0.1, 0.15) is 5.65 Å². The van der Waals surface area contributed by atoms with Crippen LogP contribution in [0.2, 0.25) is 0 Å². The summed E-state index contributed by atoms with van der Waals surface area (Å²) in [7, 11) is -0.719. The monoisotopic (exact) mass is 471 g/mol. The van der Waals surface area contributed by atoms with Gasteiger partial charge in [-0.3, -0.25) is 18.7 Å². The molecule has 174 valence electrons. The lowest BCUT2D eigenvalue weighted by Crippen LogP contribution is -2.37. The van der Waals surface area contributed by atoms with E-state index in [1.165, 1.54) is 59.5 Å². The van der Waals surface area contributed by atoms with E-state index in [2.05, 4.69) is 10.3 Å². The van der Waals surface area contributed by atoms with Crippen molar-refractivity contribution in [3.63, 3.8) is 0 Å². The molecule has 1 aromatic carbocycles. The molecule has 1 amide bonds. The third-order valence-electron chi connectivity index (χ3n) is 5.87. The number of nitrogens with one attached hydrogen (secondary N) is 1. The lowest BCUT2D eigenvalue weighted by molar-refractivity contribution is 0.102. The van der Waals surface area contributed by atoms with Gasteiger partial charge in [0.2, 0.25) is 10.0 Å². The molecule has 0 radical (unpaired) electrons. The third kappa shape index (κ3) is 4.33. The quantitative estimate of drug-likeness (QED) is 0.614. The summed E-state index contributed by atoms with van der Waals surface area (Å²) in [6.45, 7) is 1.01. The van der Waals surface area contributed by atoms with E-state index in [0.29, 0.717) is 13.1 Å². The van der Waals surface area contributed by atoms with Crippen molar-refractivity contribution < 1.29 is 13.2 Å². The second-order valence-electron chi connectivity index (χ2n) is 8.10. The Hall–Kier alpha value is -3.31. The predicted molar refractivity (Wildman–Crippen MR) is 124 cm³/mol. The van der Waals surface area contributed by atoms with Crippen LogP contribution in [0.5, 0.6) is 0 Å². The number of hydrogen-bond acceptors (Lipinski definition) is 6. The fourth-order valence-electron chi connectivity index (χ4n) is 3.95. The van der Waals surface area contributed by atoms with E-state index in [1.54, 1.807) is 0 Å². The Balaban J connectivity index is 1.56. The van der Waals surface area contributed by atoms with Crippen LogP contribution in [-0.2, 0) is 24.1 Å². The van der Waals surface area contributed by atoms with E-state index < -0.39 is 27.2 Å². The zero-order chi connectivity index (χ0) is 23.8. The summed E-state index contributed by atoms with van der Waals surface area (Å²) in [4.78, 5) is 41.5. The van der Waals surface area contributed by atoms with Crippen LogP contribution in [-0.4, -0.2) is 45.8 Å². The van der Waals surface area contributed by atoms with E-state index in [-0.39, 0.29) is 27.2 Å². The highest BCUT2D eigenvalue weighted by atomic mass is 32.2. The maximum absolute atomic E-state index is 12.9. The molecule has 1 fully saturated rings. The summed E-state index contributed by atoms with van der Waals surface area (Å²) < 4.78 is 29.5. The molecule has 3 aromatic rings. The standard InChI is InChI=1S/C22H25N5O5S/c1-25-19-18(21(29)26(2)22(25)30)13-16(14-23-19)24-20(28)15-7-9-17(10-8-15)33(31,32)27-11-5-3-4-6-12-27/h7-10,13-14H,3-6,11-12H2,1-2H3,(H,24,28). The Bertz CT molecular complexity index is 1430. The average molecular weight is 472 g/mol. The third-order valence-corrected chi connectivity index (χ3v) is 7.78. The summed E-state index contributed by atoms with van der Waals surface area (Å²) in [5.41, 5.74) is -0.251. The zero-order valence-corrected chi connectivity index (χ0v) is 19.3. The van der Waals surface area contributed by atoms with Gasteiger partial charge in [-0.1, -0.05) is 12.8 Å². The number of amides is 1. The second kappa shape index (κ2) is 8.91. The molecule has 0 atom stereocenters. The zero-order valence-electron chi connectivity index (χ0n) is 18.4. The van der Waals surface area contributed by atoms with Crippen molar-refractivity contribution in [3.8, 4) is 0 Å². The molecular weight excluding hydrogens is 446 g/mol. The van der Waals surface area contributed by atoms with Crippen LogP contribution in [0, 0.1) is 0 Å². The molecule has 1 aliphatic heterocycles. The minimum atomic E-state index is -3.60. The molecule has 3 heterocycles. The smallest absolute Gasteiger partial charge is 0.321 e. The molecule has 2 aromatic heterocycles. The molecule has 1 aliphatic rings. The first-order chi connectivity index (χ1) is 15.7. The van der Waals surface area contributed by atoms with Gasteiger partial charge in [0, 0.05) is 32.7 Å². The fourth-order valence-corrected chi connectivity index (χ4v) is 5.46. The van der Waals surface area contributed by atoms with Crippen molar-refractivity contribution in [1.29, 1.82) is 0 Å². The van der Waals surface area contributed by atoms with E-state index in [1.807, 2.05) is 0 Å². The van der Waals surface area contributed by atoms with Gasteiger partial charge >= 0.3 is 5.69 Å². The minimum absolute atomic E-state index is 0.151. The van der Waals surface area contributed by atoms with Gasteiger partial charge in [-0.15, -0.1) is 0 Å². The molecule has 0 aliphatic carbocycles. The van der Waals surface area contributed by atoms with Crippen molar-refractivity contribution in [2.75, 3.05) is 18.4 Å². The Kier molecular flexibility index (Phi) is 6.17. The molecule has 11 heteroatoms. The maximum atomic E-state index is 12.9. The first kappa shape index (κ1) is 22.9. The number of benzene rings is 1. The fraction of sp³-hybridized carbons (Fsp3) is 0.364. The molecule has 1 N–H and O–H groups in total. The molecule has 1 saturated heterocycles. The largest absolute Gasteiger partial charge is 0.332 e. The number of anilines is 1. The Morgan fingerprint density at radius 3 is 2.24 bits per heavy atom. The summed E-state index contributed by atoms with van der Waals surface area (Å²) in [5, 5.41) is 2.86. The minimum Gasteiger partial charge on any atom is -0.321 e. The van der Waals surface area contributed by atoms with Crippen molar-refractivity contribution in [2.24, 2.45) is 14.1 Å². The summed E-state index contributed by atoms with van der Waals surface area (Å²) in [6, 6.07) is 7.23. The summed E-state index contributed by atoms with van der Waals surface area (Å²) in [6.07, 6.45) is 5.10. The van der Waals surface area contributed by atoms with Gasteiger partial charge < -0.3 is 5.32 Å². The number of fused-ring (bicyclic) bond motifs is 1. The molecule has 0 saturated carbocycles. The number of carbonyl (C=O) groups is 1.